The van der Waals surface area contributed by atoms with E-state index in [0.29, 0.717) is 10.2 Å². The minimum Gasteiger partial charge on any atom is -0.377 e. The second-order valence-electron chi connectivity index (χ2n) is 2.96. The van der Waals surface area contributed by atoms with Gasteiger partial charge < -0.3 is 13.3 Å². The highest BCUT2D eigenvalue weighted by molar-refractivity contribution is 6.60. The summed E-state index contributed by atoms with van der Waals surface area (Å²) in [7, 11) is 3.27. The predicted octanol–water partition coefficient (Wildman–Crippen LogP) is 1.11. The third kappa shape index (κ3) is 8.94. The van der Waals surface area contributed by atoms with Gasteiger partial charge in [0.05, 0.1) is 16.0 Å². The molecular weight excluding hydrogens is 231 g/mol. The maximum absolute atomic E-state index is 11.4. The fraction of sp³-hybridized carbons (Fsp3) is 0.778. The summed E-state index contributed by atoms with van der Waals surface area (Å²) in [4.78, 5) is 0. The molecule has 0 aromatic heterocycles. The van der Waals surface area contributed by atoms with Crippen molar-refractivity contribution in [2.24, 2.45) is 0 Å². The summed E-state index contributed by atoms with van der Waals surface area (Å²) in [5, 5.41) is 0. The minimum absolute atomic E-state index is 0.585. The summed E-state index contributed by atoms with van der Waals surface area (Å²) in [6.45, 7) is 5.30. The lowest BCUT2D eigenvalue weighted by atomic mass is 10.6. The van der Waals surface area contributed by atoms with Crippen molar-refractivity contribution < 1.29 is 17.7 Å². The van der Waals surface area contributed by atoms with Crippen molar-refractivity contribution >= 4 is 19.0 Å². The minimum atomic E-state index is -2.22. The van der Waals surface area contributed by atoms with Crippen molar-refractivity contribution in [1.29, 1.82) is 0 Å². The van der Waals surface area contributed by atoms with E-state index in [4.69, 9.17) is 13.3 Å². The first-order valence-electron chi connectivity index (χ1n) is 4.93. The maximum atomic E-state index is 11.4. The van der Waals surface area contributed by atoms with E-state index in [1.807, 2.05) is 0 Å². The molecule has 0 spiro atoms. The molecule has 0 saturated carbocycles. The van der Waals surface area contributed by atoms with Crippen LogP contribution in [0.1, 0.15) is 13.3 Å². The van der Waals surface area contributed by atoms with Gasteiger partial charge in [0.15, 0.2) is 0 Å². The lowest BCUT2D eigenvalue weighted by Crippen LogP contribution is -2.42. The molecule has 0 rings (SSSR count). The molecule has 0 bridgehead atoms. The predicted molar refractivity (Wildman–Crippen MR) is 66.9 cm³/mol. The summed E-state index contributed by atoms with van der Waals surface area (Å²) in [5.41, 5.74) is 0. The highest BCUT2D eigenvalue weighted by atomic mass is 28.4. The van der Waals surface area contributed by atoms with Crippen molar-refractivity contribution in [3.63, 3.8) is 0 Å². The van der Waals surface area contributed by atoms with Gasteiger partial charge in [0.2, 0.25) is 0 Å². The van der Waals surface area contributed by atoms with E-state index < -0.39 is 14.6 Å². The summed E-state index contributed by atoms with van der Waals surface area (Å²) >= 11 is 0. The van der Waals surface area contributed by atoms with Gasteiger partial charge in [-0.15, -0.1) is 6.58 Å². The number of hydrogen-bond donors (Lipinski definition) is 0. The third-order valence-corrected chi connectivity index (χ3v) is 5.26. The van der Waals surface area contributed by atoms with Gasteiger partial charge in [-0.1, -0.05) is 19.4 Å². The van der Waals surface area contributed by atoms with Gasteiger partial charge in [-0.05, 0) is 0 Å². The fourth-order valence-electron chi connectivity index (χ4n) is 0.862. The Balaban J connectivity index is 0. The summed E-state index contributed by atoms with van der Waals surface area (Å²) in [6, 6.07) is 0.885. The number of alkyl halides is 1. The van der Waals surface area contributed by atoms with Gasteiger partial charge in [-0.25, -0.2) is 4.39 Å². The molecule has 92 valence electrons. The van der Waals surface area contributed by atoms with Crippen LogP contribution in [0.15, 0.2) is 12.7 Å². The average Bonchev–Trinajstić information content (AvgIpc) is 2.27. The molecule has 0 heterocycles. The van der Waals surface area contributed by atoms with Crippen LogP contribution in [0.2, 0.25) is 6.04 Å². The molecule has 1 unspecified atom stereocenters. The van der Waals surface area contributed by atoms with E-state index in [0.717, 1.165) is 12.5 Å². The molecule has 0 aromatic rings. The lowest BCUT2D eigenvalue weighted by Gasteiger charge is -2.23. The Morgan fingerprint density at radius 3 is 1.73 bits per heavy atom. The highest BCUT2D eigenvalue weighted by Gasteiger charge is 2.36. The molecule has 0 amide bonds. The first-order valence-corrected chi connectivity index (χ1v) is 8.02. The SMILES string of the molecule is C=CC(F)[SiH3].CCC[Si](OC)(OC)OC. The van der Waals surface area contributed by atoms with Crippen LogP contribution >= 0.6 is 0 Å². The van der Waals surface area contributed by atoms with Crippen LogP contribution in [0.25, 0.3) is 0 Å². The lowest BCUT2D eigenvalue weighted by molar-refractivity contribution is 0.123. The number of rotatable bonds is 6. The number of hydrogen-bond acceptors (Lipinski definition) is 3. The molecule has 0 radical (unpaired) electrons. The monoisotopic (exact) mass is 254 g/mol. The standard InChI is InChI=1S/C6H16O3Si.C3H7FSi/c1-5-6-10(7-2,8-3)9-4;1-2-3(4)5/h5-6H2,1-4H3;2-3H,1H2,5H3. The zero-order valence-electron chi connectivity index (χ0n) is 10.4. The van der Waals surface area contributed by atoms with Gasteiger partial charge >= 0.3 is 8.80 Å². The summed E-state index contributed by atoms with van der Waals surface area (Å²) < 4.78 is 26.9. The zero-order chi connectivity index (χ0) is 12.3. The van der Waals surface area contributed by atoms with Crippen molar-refractivity contribution in [3.8, 4) is 0 Å². The van der Waals surface area contributed by atoms with Crippen LogP contribution in [0.3, 0.4) is 0 Å². The Morgan fingerprint density at radius 2 is 1.67 bits per heavy atom. The van der Waals surface area contributed by atoms with E-state index in [-0.39, 0.29) is 0 Å². The molecule has 0 aliphatic heterocycles. The molecule has 15 heavy (non-hydrogen) atoms. The van der Waals surface area contributed by atoms with Crippen molar-refractivity contribution in [1.82, 2.24) is 0 Å². The zero-order valence-corrected chi connectivity index (χ0v) is 13.4. The molecule has 0 N–H and O–H groups in total. The smallest absolute Gasteiger partial charge is 0.377 e. The number of allylic oxidation sites excluding steroid dienone is 1. The molecule has 0 saturated heterocycles. The third-order valence-electron chi connectivity index (χ3n) is 1.81. The van der Waals surface area contributed by atoms with Gasteiger partial charge in [0.25, 0.3) is 0 Å². The maximum Gasteiger partial charge on any atom is 0.500 e. The first-order chi connectivity index (χ1) is 7.01. The van der Waals surface area contributed by atoms with Crippen LogP contribution in [0.4, 0.5) is 4.39 Å². The quantitative estimate of drug-likeness (QED) is 0.525. The molecular formula is C9H23FO3Si2. The molecule has 3 nitrogen and oxygen atoms in total. The Morgan fingerprint density at radius 1 is 1.33 bits per heavy atom. The van der Waals surface area contributed by atoms with Crippen LogP contribution < -0.4 is 0 Å². The normalized spacial score (nSPS) is 12.9. The second-order valence-corrected chi connectivity index (χ2v) is 7.15. The Labute approximate surface area is 96.4 Å². The summed E-state index contributed by atoms with van der Waals surface area (Å²) in [5.74, 6) is -0.713. The van der Waals surface area contributed by atoms with Gasteiger partial charge in [-0.3, -0.25) is 0 Å². The van der Waals surface area contributed by atoms with Gasteiger partial charge in [0, 0.05) is 27.4 Å². The first kappa shape index (κ1) is 17.4. The van der Waals surface area contributed by atoms with Crippen molar-refractivity contribution in [3.05, 3.63) is 12.7 Å². The van der Waals surface area contributed by atoms with Crippen molar-refractivity contribution in [2.75, 3.05) is 21.3 Å². The average molecular weight is 254 g/mol. The highest BCUT2D eigenvalue weighted by Crippen LogP contribution is 2.13. The molecule has 0 aliphatic carbocycles. The van der Waals surface area contributed by atoms with Crippen molar-refractivity contribution in [2.45, 2.75) is 25.2 Å². The van der Waals surface area contributed by atoms with E-state index in [1.54, 1.807) is 21.3 Å². The van der Waals surface area contributed by atoms with E-state index in [9.17, 15) is 4.39 Å². The Hall–Kier alpha value is -0.0162. The second kappa shape index (κ2) is 10.5. The van der Waals surface area contributed by atoms with Crippen LogP contribution in [-0.2, 0) is 13.3 Å². The van der Waals surface area contributed by atoms with Gasteiger partial charge in [0.1, 0.15) is 0 Å². The molecule has 0 aliphatic rings. The van der Waals surface area contributed by atoms with Crippen LogP contribution in [-0.4, -0.2) is 46.2 Å². The largest absolute Gasteiger partial charge is 0.500 e. The van der Waals surface area contributed by atoms with E-state index >= 15 is 0 Å². The fourth-order valence-corrected chi connectivity index (χ4v) is 2.59. The topological polar surface area (TPSA) is 27.7 Å². The molecule has 0 fully saturated rings. The molecule has 0 aromatic carbocycles. The Kier molecular flexibility index (Phi) is 12.2. The van der Waals surface area contributed by atoms with Crippen LogP contribution in [0.5, 0.6) is 0 Å². The van der Waals surface area contributed by atoms with E-state index in [1.165, 1.54) is 6.08 Å². The Bertz CT molecular complexity index is 144. The molecule has 1 atom stereocenters. The van der Waals surface area contributed by atoms with E-state index in [2.05, 4.69) is 13.5 Å². The number of halogens is 1. The van der Waals surface area contributed by atoms with Gasteiger partial charge in [-0.2, -0.15) is 0 Å². The summed E-state index contributed by atoms with van der Waals surface area (Å²) in [6.07, 6.45) is 2.34. The van der Waals surface area contributed by atoms with Crippen LogP contribution in [0, 0.1) is 0 Å². The molecule has 6 heteroatoms.